The number of piperazine rings is 1. The normalized spacial score (nSPS) is 17.2. The molecule has 0 aliphatic carbocycles. The van der Waals surface area contributed by atoms with Gasteiger partial charge in [-0.25, -0.2) is 27.5 Å². The Morgan fingerprint density at radius 2 is 1.85 bits per heavy atom. The molecule has 1 fully saturated rings. The molecular formula is C27H28F4N6O3. The number of anilines is 4. The van der Waals surface area contributed by atoms with Crippen molar-refractivity contribution in [2.24, 2.45) is 0 Å². The first-order chi connectivity index (χ1) is 19.2. The van der Waals surface area contributed by atoms with Crippen LogP contribution in [0.3, 0.4) is 0 Å². The molecule has 40 heavy (non-hydrogen) atoms. The molecule has 1 amide bonds. The molecule has 5 rings (SSSR count). The van der Waals surface area contributed by atoms with E-state index in [2.05, 4.69) is 25.5 Å². The van der Waals surface area contributed by atoms with Gasteiger partial charge >= 0.3 is 0 Å². The van der Waals surface area contributed by atoms with Gasteiger partial charge in [0.2, 0.25) is 12.1 Å². The smallest absolute Gasteiger partial charge is 0.283 e. The zero-order valence-corrected chi connectivity index (χ0v) is 22.1. The molecule has 2 aliphatic rings. The highest BCUT2D eigenvalue weighted by molar-refractivity contribution is 6.01. The first kappa shape index (κ1) is 27.4. The molecule has 3 aromatic rings. The first-order valence-corrected chi connectivity index (χ1v) is 12.7. The van der Waals surface area contributed by atoms with Gasteiger partial charge in [-0.05, 0) is 38.1 Å². The molecule has 2 N–H and O–H groups in total. The van der Waals surface area contributed by atoms with Crippen LogP contribution in [0.15, 0.2) is 36.5 Å². The first-order valence-electron chi connectivity index (χ1n) is 12.7. The van der Waals surface area contributed by atoms with Crippen LogP contribution in [0.1, 0.15) is 13.8 Å². The number of halogens is 4. The lowest BCUT2D eigenvalue weighted by molar-refractivity contribution is -0.134. The molecule has 13 heteroatoms. The number of benzene rings is 2. The Bertz CT molecular complexity index is 1420. The summed E-state index contributed by atoms with van der Waals surface area (Å²) in [4.78, 5) is 24.2. The Balaban J connectivity index is 1.47. The number of methoxy groups -OCH3 is 1. The second kappa shape index (κ2) is 11.2. The van der Waals surface area contributed by atoms with Gasteiger partial charge in [-0.2, -0.15) is 0 Å². The van der Waals surface area contributed by atoms with E-state index < -0.39 is 41.9 Å². The van der Waals surface area contributed by atoms with Gasteiger partial charge in [-0.3, -0.25) is 4.79 Å². The second-order valence-corrected chi connectivity index (χ2v) is 9.62. The number of nitrogens with one attached hydrogen (secondary N) is 2. The SMILES string of the molecule is COc1cc(Nc2ncc(F)c(-c3cc(F)c4c(c3)N(C(C)C)C(=O)C(C(F)F)O4)n2)ccc1N1CCNCC1. The molecule has 0 spiro atoms. The summed E-state index contributed by atoms with van der Waals surface area (Å²) in [5.74, 6) is -2.74. The maximum atomic E-state index is 15.2. The fourth-order valence-corrected chi connectivity index (χ4v) is 4.82. The molecule has 212 valence electrons. The van der Waals surface area contributed by atoms with Crippen LogP contribution >= 0.6 is 0 Å². The predicted molar refractivity (Wildman–Crippen MR) is 142 cm³/mol. The summed E-state index contributed by atoms with van der Waals surface area (Å²) in [5, 5.41) is 6.31. The van der Waals surface area contributed by atoms with E-state index in [0.29, 0.717) is 11.4 Å². The Morgan fingerprint density at radius 3 is 2.52 bits per heavy atom. The van der Waals surface area contributed by atoms with Crippen molar-refractivity contribution in [3.05, 3.63) is 48.2 Å². The lowest BCUT2D eigenvalue weighted by Gasteiger charge is -2.36. The number of hydrogen-bond donors (Lipinski definition) is 2. The van der Waals surface area contributed by atoms with E-state index >= 15 is 4.39 Å². The predicted octanol–water partition coefficient (Wildman–Crippen LogP) is 4.35. The van der Waals surface area contributed by atoms with Crippen molar-refractivity contribution in [2.45, 2.75) is 32.4 Å². The van der Waals surface area contributed by atoms with Crippen molar-refractivity contribution in [3.63, 3.8) is 0 Å². The molecule has 2 aromatic carbocycles. The number of nitrogens with zero attached hydrogens (tertiary/aromatic N) is 4. The molecule has 9 nitrogen and oxygen atoms in total. The molecule has 1 aromatic heterocycles. The minimum atomic E-state index is -3.15. The lowest BCUT2D eigenvalue weighted by atomic mass is 10.0. The molecule has 0 radical (unpaired) electrons. The van der Waals surface area contributed by atoms with Crippen molar-refractivity contribution in [3.8, 4) is 22.8 Å². The van der Waals surface area contributed by atoms with Crippen LogP contribution in [0.2, 0.25) is 0 Å². The maximum absolute atomic E-state index is 15.2. The third-order valence-corrected chi connectivity index (χ3v) is 6.67. The Morgan fingerprint density at radius 1 is 1.10 bits per heavy atom. The van der Waals surface area contributed by atoms with Gasteiger partial charge in [0, 0.05) is 49.5 Å². The Kier molecular flexibility index (Phi) is 7.66. The van der Waals surface area contributed by atoms with E-state index in [1.165, 1.54) is 6.07 Å². The highest BCUT2D eigenvalue weighted by atomic mass is 19.3. The van der Waals surface area contributed by atoms with E-state index in [1.54, 1.807) is 27.0 Å². The van der Waals surface area contributed by atoms with Crippen molar-refractivity contribution < 1.29 is 31.8 Å². The van der Waals surface area contributed by atoms with Crippen LogP contribution in [-0.4, -0.2) is 67.7 Å². The van der Waals surface area contributed by atoms with Crippen LogP contribution in [-0.2, 0) is 4.79 Å². The lowest BCUT2D eigenvalue weighted by Crippen LogP contribution is -2.52. The number of amides is 1. The summed E-state index contributed by atoms with van der Waals surface area (Å²) in [5.41, 5.74) is 1.14. The topological polar surface area (TPSA) is 91.8 Å². The van der Waals surface area contributed by atoms with Gasteiger partial charge in [-0.1, -0.05) is 0 Å². The number of carbonyl (C=O) groups excluding carboxylic acids is 1. The number of fused-ring (bicyclic) bond motifs is 1. The summed E-state index contributed by atoms with van der Waals surface area (Å²) in [6.45, 7) is 6.57. The highest BCUT2D eigenvalue weighted by Gasteiger charge is 2.43. The van der Waals surface area contributed by atoms with Crippen LogP contribution in [0.5, 0.6) is 11.5 Å². The molecule has 1 saturated heterocycles. The summed E-state index contributed by atoms with van der Waals surface area (Å²) >= 11 is 0. The maximum Gasteiger partial charge on any atom is 0.283 e. The van der Waals surface area contributed by atoms with Crippen LogP contribution in [0.25, 0.3) is 11.3 Å². The quantitative estimate of drug-likeness (QED) is 0.413. The summed E-state index contributed by atoms with van der Waals surface area (Å²) in [6.07, 6.45) is -4.36. The summed E-state index contributed by atoms with van der Waals surface area (Å²) in [6, 6.07) is 7.10. The van der Waals surface area contributed by atoms with Crippen molar-refractivity contribution in [1.29, 1.82) is 0 Å². The minimum Gasteiger partial charge on any atom is -0.495 e. The van der Waals surface area contributed by atoms with Gasteiger partial charge in [0.1, 0.15) is 11.4 Å². The average Bonchev–Trinajstić information content (AvgIpc) is 2.93. The number of alkyl halides is 2. The van der Waals surface area contributed by atoms with Crippen molar-refractivity contribution in [2.75, 3.05) is 48.4 Å². The van der Waals surface area contributed by atoms with Gasteiger partial charge in [0.25, 0.3) is 12.3 Å². The zero-order valence-electron chi connectivity index (χ0n) is 22.1. The number of aromatic nitrogens is 2. The standard InChI is InChI=1S/C27H28F4N6O3/c1-14(2)37-20-11-15(10-17(28)23(20)40-24(25(30)31)26(37)38)22-18(29)13-33-27(35-22)34-16-4-5-19(21(12-16)39-3)36-8-6-32-7-9-36/h4-5,10-14,24-25,32H,6-9H2,1-3H3,(H,33,34,35). The largest absolute Gasteiger partial charge is 0.495 e. The monoisotopic (exact) mass is 560 g/mol. The molecule has 1 unspecified atom stereocenters. The van der Waals surface area contributed by atoms with Gasteiger partial charge < -0.3 is 29.9 Å². The fourth-order valence-electron chi connectivity index (χ4n) is 4.82. The number of carbonyl (C=O) groups is 1. The number of hydrogen-bond acceptors (Lipinski definition) is 8. The van der Waals surface area contributed by atoms with E-state index in [-0.39, 0.29) is 22.9 Å². The zero-order chi connectivity index (χ0) is 28.6. The van der Waals surface area contributed by atoms with E-state index in [1.807, 2.05) is 12.1 Å². The molecule has 0 bridgehead atoms. The van der Waals surface area contributed by atoms with Crippen LogP contribution in [0.4, 0.5) is 40.6 Å². The van der Waals surface area contributed by atoms with Crippen LogP contribution in [0, 0.1) is 11.6 Å². The third-order valence-electron chi connectivity index (χ3n) is 6.67. The molecule has 2 aliphatic heterocycles. The highest BCUT2D eigenvalue weighted by Crippen LogP contribution is 2.42. The van der Waals surface area contributed by atoms with Gasteiger partial charge in [-0.15, -0.1) is 0 Å². The fraction of sp³-hybridized carbons (Fsp3) is 0.370. The van der Waals surface area contributed by atoms with Crippen LogP contribution < -0.4 is 29.9 Å². The molecule has 0 saturated carbocycles. The van der Waals surface area contributed by atoms with E-state index in [0.717, 1.165) is 49.0 Å². The van der Waals surface area contributed by atoms with Crippen molar-refractivity contribution in [1.82, 2.24) is 15.3 Å². The van der Waals surface area contributed by atoms with Crippen molar-refractivity contribution >= 4 is 28.9 Å². The second-order valence-electron chi connectivity index (χ2n) is 9.62. The summed E-state index contributed by atoms with van der Waals surface area (Å²) < 4.78 is 67.6. The van der Waals surface area contributed by atoms with Gasteiger partial charge in [0.05, 0.1) is 24.7 Å². The minimum absolute atomic E-state index is 0.0246. The Labute approximate surface area is 228 Å². The Hall–Kier alpha value is -4.13. The molecular weight excluding hydrogens is 532 g/mol. The number of rotatable bonds is 7. The molecule has 1 atom stereocenters. The third kappa shape index (κ3) is 5.20. The van der Waals surface area contributed by atoms with Gasteiger partial charge in [0.15, 0.2) is 17.4 Å². The van der Waals surface area contributed by atoms with E-state index in [9.17, 15) is 18.0 Å². The average molecular weight is 561 g/mol. The van der Waals surface area contributed by atoms with E-state index in [4.69, 9.17) is 9.47 Å². The number of ether oxygens (including phenoxy) is 2. The molecule has 3 heterocycles. The summed E-state index contributed by atoms with van der Waals surface area (Å²) in [7, 11) is 1.57.